The van der Waals surface area contributed by atoms with Crippen molar-refractivity contribution in [1.29, 1.82) is 0 Å². The lowest BCUT2D eigenvalue weighted by Gasteiger charge is -2.12. The molecule has 5 nitrogen and oxygen atoms in total. The van der Waals surface area contributed by atoms with Gasteiger partial charge in [0.2, 0.25) is 0 Å². The van der Waals surface area contributed by atoms with Crippen LogP contribution in [0.2, 0.25) is 0 Å². The van der Waals surface area contributed by atoms with Crippen LogP contribution in [0.4, 0.5) is 0 Å². The normalized spacial score (nSPS) is 10.8. The number of benzene rings is 1. The minimum absolute atomic E-state index is 0. The molecular formula is C17H22BrIN4OS. The second-order valence-corrected chi connectivity index (χ2v) is 7.06. The van der Waals surface area contributed by atoms with Gasteiger partial charge in [-0.1, -0.05) is 15.9 Å². The van der Waals surface area contributed by atoms with E-state index in [1.807, 2.05) is 12.1 Å². The standard InChI is InChI=1S/C17H21BrN4OS.HI/c1-12-7-10-24-15(12)11-22-17(19-2)21-9-8-20-16(23)13-3-5-14(18)6-4-13;/h3-7,10H,8-9,11H2,1-2H3,(H,20,23)(H2,19,21,22);1H. The van der Waals surface area contributed by atoms with Crippen LogP contribution < -0.4 is 16.0 Å². The molecule has 0 radical (unpaired) electrons. The van der Waals surface area contributed by atoms with Crippen molar-refractivity contribution in [2.24, 2.45) is 4.99 Å². The van der Waals surface area contributed by atoms with Crippen molar-refractivity contribution in [1.82, 2.24) is 16.0 Å². The predicted octanol–water partition coefficient (Wildman–Crippen LogP) is 3.53. The van der Waals surface area contributed by atoms with Crippen LogP contribution in [0.1, 0.15) is 20.8 Å². The Morgan fingerprint density at radius 3 is 2.40 bits per heavy atom. The fraction of sp³-hybridized carbons (Fsp3) is 0.294. The molecule has 3 N–H and O–H groups in total. The van der Waals surface area contributed by atoms with E-state index in [-0.39, 0.29) is 29.9 Å². The summed E-state index contributed by atoms with van der Waals surface area (Å²) >= 11 is 5.08. The summed E-state index contributed by atoms with van der Waals surface area (Å²) < 4.78 is 0.955. The predicted molar refractivity (Wildman–Crippen MR) is 119 cm³/mol. The maximum atomic E-state index is 12.0. The first-order chi connectivity index (χ1) is 11.6. The molecule has 1 heterocycles. The minimum Gasteiger partial charge on any atom is -0.355 e. The van der Waals surface area contributed by atoms with Gasteiger partial charge in [0.15, 0.2) is 5.96 Å². The molecule has 1 amide bonds. The topological polar surface area (TPSA) is 65.5 Å². The summed E-state index contributed by atoms with van der Waals surface area (Å²) in [6, 6.07) is 9.39. The maximum Gasteiger partial charge on any atom is 0.251 e. The smallest absolute Gasteiger partial charge is 0.251 e. The second kappa shape index (κ2) is 11.5. The van der Waals surface area contributed by atoms with Crippen LogP contribution in [0.3, 0.4) is 0 Å². The van der Waals surface area contributed by atoms with E-state index in [2.05, 4.69) is 55.2 Å². The zero-order valence-electron chi connectivity index (χ0n) is 14.1. The zero-order chi connectivity index (χ0) is 17.4. The quantitative estimate of drug-likeness (QED) is 0.229. The summed E-state index contributed by atoms with van der Waals surface area (Å²) in [7, 11) is 1.73. The highest BCUT2D eigenvalue weighted by Crippen LogP contribution is 2.14. The Morgan fingerprint density at radius 2 is 1.80 bits per heavy atom. The summed E-state index contributed by atoms with van der Waals surface area (Å²) in [5.74, 6) is 0.641. The number of amides is 1. The van der Waals surface area contributed by atoms with E-state index in [1.54, 1.807) is 30.5 Å². The Hall–Kier alpha value is -1.13. The number of carbonyl (C=O) groups excluding carboxylic acids is 1. The van der Waals surface area contributed by atoms with E-state index in [9.17, 15) is 4.79 Å². The molecule has 0 aliphatic heterocycles. The van der Waals surface area contributed by atoms with Crippen LogP contribution in [-0.2, 0) is 6.54 Å². The summed E-state index contributed by atoms with van der Waals surface area (Å²) in [6.07, 6.45) is 0. The third-order valence-corrected chi connectivity index (χ3v) is 4.97. The molecule has 0 unspecified atom stereocenters. The van der Waals surface area contributed by atoms with Gasteiger partial charge in [-0.05, 0) is 48.2 Å². The first-order valence-electron chi connectivity index (χ1n) is 7.61. The molecule has 0 aliphatic rings. The summed E-state index contributed by atoms with van der Waals surface area (Å²) in [5, 5.41) is 11.4. The Bertz CT molecular complexity index is 703. The molecule has 2 aromatic rings. The molecule has 0 bridgehead atoms. The number of rotatable bonds is 6. The van der Waals surface area contributed by atoms with Crippen molar-refractivity contribution in [3.63, 3.8) is 0 Å². The van der Waals surface area contributed by atoms with Gasteiger partial charge in [0.05, 0.1) is 6.54 Å². The molecule has 8 heteroatoms. The van der Waals surface area contributed by atoms with Crippen LogP contribution in [-0.4, -0.2) is 32.0 Å². The number of nitrogens with zero attached hydrogens (tertiary/aromatic N) is 1. The van der Waals surface area contributed by atoms with Crippen molar-refractivity contribution < 1.29 is 4.79 Å². The summed E-state index contributed by atoms with van der Waals surface area (Å²) in [4.78, 5) is 17.5. The Balaban J connectivity index is 0.00000312. The van der Waals surface area contributed by atoms with Crippen molar-refractivity contribution >= 4 is 63.1 Å². The monoisotopic (exact) mass is 536 g/mol. The molecule has 0 saturated carbocycles. The molecule has 0 fully saturated rings. The molecular weight excluding hydrogens is 515 g/mol. The molecule has 0 aliphatic carbocycles. The number of hydrogen-bond donors (Lipinski definition) is 3. The van der Waals surface area contributed by atoms with Crippen LogP contribution in [0.15, 0.2) is 45.2 Å². The van der Waals surface area contributed by atoms with Crippen LogP contribution in [0.25, 0.3) is 0 Å². The fourth-order valence-corrected chi connectivity index (χ4v) is 3.14. The lowest BCUT2D eigenvalue weighted by Crippen LogP contribution is -2.41. The lowest BCUT2D eigenvalue weighted by atomic mass is 10.2. The van der Waals surface area contributed by atoms with Gasteiger partial charge in [-0.3, -0.25) is 9.79 Å². The van der Waals surface area contributed by atoms with Crippen molar-refractivity contribution in [3.05, 3.63) is 56.2 Å². The largest absolute Gasteiger partial charge is 0.355 e. The number of hydrogen-bond acceptors (Lipinski definition) is 3. The van der Waals surface area contributed by atoms with Crippen molar-refractivity contribution in [2.45, 2.75) is 13.5 Å². The summed E-state index contributed by atoms with van der Waals surface area (Å²) in [5.41, 5.74) is 1.93. The van der Waals surface area contributed by atoms with E-state index >= 15 is 0 Å². The number of aryl methyl sites for hydroxylation is 1. The van der Waals surface area contributed by atoms with Gasteiger partial charge >= 0.3 is 0 Å². The van der Waals surface area contributed by atoms with E-state index < -0.39 is 0 Å². The molecule has 1 aromatic heterocycles. The number of halogens is 2. The molecule has 25 heavy (non-hydrogen) atoms. The molecule has 0 spiro atoms. The van der Waals surface area contributed by atoms with E-state index in [0.717, 1.165) is 17.0 Å². The first kappa shape index (κ1) is 21.9. The average Bonchev–Trinajstić information content (AvgIpc) is 2.99. The average molecular weight is 537 g/mol. The Morgan fingerprint density at radius 1 is 1.12 bits per heavy atom. The van der Waals surface area contributed by atoms with Gasteiger partial charge in [-0.15, -0.1) is 35.3 Å². The van der Waals surface area contributed by atoms with Gasteiger partial charge in [0.1, 0.15) is 0 Å². The molecule has 1 aromatic carbocycles. The highest BCUT2D eigenvalue weighted by atomic mass is 127. The minimum atomic E-state index is -0.0820. The zero-order valence-corrected chi connectivity index (χ0v) is 18.9. The van der Waals surface area contributed by atoms with Crippen molar-refractivity contribution in [2.75, 3.05) is 20.1 Å². The van der Waals surface area contributed by atoms with Gasteiger partial charge in [0.25, 0.3) is 5.91 Å². The molecule has 136 valence electrons. The van der Waals surface area contributed by atoms with Gasteiger partial charge in [0, 0.05) is 35.1 Å². The second-order valence-electron chi connectivity index (χ2n) is 5.14. The number of carbonyl (C=O) groups is 1. The number of aliphatic imine (C=N–C) groups is 1. The SMILES string of the molecule is CN=C(NCCNC(=O)c1ccc(Br)cc1)NCc1sccc1C.I. The van der Waals surface area contributed by atoms with E-state index in [0.29, 0.717) is 18.7 Å². The first-order valence-corrected chi connectivity index (χ1v) is 9.28. The summed E-state index contributed by atoms with van der Waals surface area (Å²) in [6.45, 7) is 3.97. The van der Waals surface area contributed by atoms with Crippen LogP contribution in [0.5, 0.6) is 0 Å². The molecule has 0 atom stereocenters. The fourth-order valence-electron chi connectivity index (χ4n) is 2.03. The highest BCUT2D eigenvalue weighted by Gasteiger charge is 2.05. The highest BCUT2D eigenvalue weighted by molar-refractivity contribution is 14.0. The number of nitrogens with one attached hydrogen (secondary N) is 3. The Kier molecular flexibility index (Phi) is 10.1. The van der Waals surface area contributed by atoms with Crippen molar-refractivity contribution in [3.8, 4) is 0 Å². The van der Waals surface area contributed by atoms with Crippen LogP contribution >= 0.6 is 51.2 Å². The number of guanidine groups is 1. The van der Waals surface area contributed by atoms with E-state index in [4.69, 9.17) is 0 Å². The van der Waals surface area contributed by atoms with Gasteiger partial charge in [-0.25, -0.2) is 0 Å². The third kappa shape index (κ3) is 7.33. The van der Waals surface area contributed by atoms with E-state index in [1.165, 1.54) is 10.4 Å². The molecule has 0 saturated heterocycles. The molecule has 2 rings (SSSR count). The maximum absolute atomic E-state index is 12.0. The lowest BCUT2D eigenvalue weighted by molar-refractivity contribution is 0.0954. The van der Waals surface area contributed by atoms with Gasteiger partial charge in [-0.2, -0.15) is 0 Å². The Labute approximate surface area is 177 Å². The van der Waals surface area contributed by atoms with Crippen LogP contribution in [0, 0.1) is 6.92 Å². The third-order valence-electron chi connectivity index (χ3n) is 3.42. The number of thiophene rings is 1. The van der Waals surface area contributed by atoms with Gasteiger partial charge < -0.3 is 16.0 Å².